The quantitative estimate of drug-likeness (QED) is 0.467. The highest BCUT2D eigenvalue weighted by Gasteiger charge is 2.35. The normalized spacial score (nSPS) is 15.6. The van der Waals surface area contributed by atoms with Gasteiger partial charge in [0.1, 0.15) is 6.04 Å². The molecule has 0 saturated heterocycles. The third-order valence-electron chi connectivity index (χ3n) is 4.36. The van der Waals surface area contributed by atoms with Crippen molar-refractivity contribution in [3.63, 3.8) is 0 Å². The number of thioether (sulfide) groups is 1. The van der Waals surface area contributed by atoms with E-state index in [0.717, 1.165) is 11.3 Å². The minimum atomic E-state index is -0.529. The van der Waals surface area contributed by atoms with Crippen molar-refractivity contribution in [2.45, 2.75) is 32.0 Å². The number of carbonyl (C=O) groups excluding carboxylic acids is 1. The van der Waals surface area contributed by atoms with E-state index >= 15 is 0 Å². The molecule has 0 saturated carbocycles. The summed E-state index contributed by atoms with van der Waals surface area (Å²) in [7, 11) is 2.95. The van der Waals surface area contributed by atoms with Gasteiger partial charge in [0.05, 0.1) is 30.9 Å². The summed E-state index contributed by atoms with van der Waals surface area (Å²) in [5.41, 5.74) is 1.92. The molecule has 1 aliphatic rings. The van der Waals surface area contributed by atoms with Gasteiger partial charge in [0.25, 0.3) is 0 Å². The maximum Gasteiger partial charge on any atom is 0.338 e. The van der Waals surface area contributed by atoms with E-state index in [0.29, 0.717) is 45.0 Å². The number of esters is 1. The average molecular weight is 483 g/mol. The van der Waals surface area contributed by atoms with Crippen LogP contribution in [0, 0.1) is 0 Å². The monoisotopic (exact) mass is 482 g/mol. The maximum atomic E-state index is 12.7. The standard InChI is InChI=1S/C19H23BrN4O4S/c1-6-28-13-9-11(8-12(20)16(13)26-4)15-14(17(25)27-5)10(3)21-18-22-19(29-7-2)23-24(15)18/h8-9,15H,6-7H2,1-5H3,(H,21,22,23). The summed E-state index contributed by atoms with van der Waals surface area (Å²) in [6, 6.07) is 3.22. The van der Waals surface area contributed by atoms with Gasteiger partial charge in [0, 0.05) is 5.70 Å². The number of fused-ring (bicyclic) bond motifs is 1. The van der Waals surface area contributed by atoms with Gasteiger partial charge < -0.3 is 19.5 Å². The first kappa shape index (κ1) is 21.5. The van der Waals surface area contributed by atoms with E-state index in [1.165, 1.54) is 18.9 Å². The molecule has 2 aromatic rings. The Morgan fingerprint density at radius 1 is 1.34 bits per heavy atom. The van der Waals surface area contributed by atoms with Crippen LogP contribution in [0.2, 0.25) is 0 Å². The van der Waals surface area contributed by atoms with Crippen molar-refractivity contribution in [3.8, 4) is 11.5 Å². The fraction of sp³-hybridized carbons (Fsp3) is 0.421. The number of halogens is 1. The van der Waals surface area contributed by atoms with Crippen molar-refractivity contribution in [3.05, 3.63) is 33.4 Å². The summed E-state index contributed by atoms with van der Waals surface area (Å²) in [6.07, 6.45) is 0. The zero-order chi connectivity index (χ0) is 21.1. The predicted molar refractivity (Wildman–Crippen MR) is 115 cm³/mol. The molecule has 10 heteroatoms. The molecule has 0 bridgehead atoms. The molecule has 0 spiro atoms. The van der Waals surface area contributed by atoms with Crippen LogP contribution in [0.4, 0.5) is 5.95 Å². The third-order valence-corrected chi connectivity index (χ3v) is 5.67. The van der Waals surface area contributed by atoms with Crippen LogP contribution in [0.5, 0.6) is 11.5 Å². The Balaban J connectivity index is 2.22. The molecule has 0 radical (unpaired) electrons. The zero-order valence-corrected chi connectivity index (χ0v) is 19.3. The van der Waals surface area contributed by atoms with E-state index in [4.69, 9.17) is 14.2 Å². The van der Waals surface area contributed by atoms with Gasteiger partial charge in [-0.05, 0) is 53.2 Å². The lowest BCUT2D eigenvalue weighted by Crippen LogP contribution is -2.29. The Morgan fingerprint density at radius 2 is 2.10 bits per heavy atom. The number of nitrogens with zero attached hydrogens (tertiary/aromatic N) is 3. The number of ether oxygens (including phenoxy) is 3. The molecular weight excluding hydrogens is 460 g/mol. The highest BCUT2D eigenvalue weighted by molar-refractivity contribution is 9.10. The van der Waals surface area contributed by atoms with Crippen molar-refractivity contribution in [1.29, 1.82) is 0 Å². The van der Waals surface area contributed by atoms with E-state index in [1.807, 2.05) is 32.9 Å². The average Bonchev–Trinajstić information content (AvgIpc) is 3.08. The van der Waals surface area contributed by atoms with Crippen molar-refractivity contribution in [2.75, 3.05) is 31.9 Å². The van der Waals surface area contributed by atoms with Crippen LogP contribution in [0.25, 0.3) is 0 Å². The molecule has 29 heavy (non-hydrogen) atoms. The fourth-order valence-corrected chi connectivity index (χ4v) is 4.39. The Morgan fingerprint density at radius 3 is 2.72 bits per heavy atom. The van der Waals surface area contributed by atoms with E-state index in [9.17, 15) is 4.79 Å². The molecule has 1 aliphatic heterocycles. The predicted octanol–water partition coefficient (Wildman–Crippen LogP) is 4.02. The lowest BCUT2D eigenvalue weighted by atomic mass is 9.95. The molecule has 0 fully saturated rings. The summed E-state index contributed by atoms with van der Waals surface area (Å²) in [4.78, 5) is 17.2. The summed E-state index contributed by atoms with van der Waals surface area (Å²) < 4.78 is 18.7. The molecule has 1 aromatic carbocycles. The number of anilines is 1. The fourth-order valence-electron chi connectivity index (χ4n) is 3.21. The van der Waals surface area contributed by atoms with Gasteiger partial charge in [0.2, 0.25) is 11.1 Å². The van der Waals surface area contributed by atoms with Crippen molar-refractivity contribution < 1.29 is 19.0 Å². The number of allylic oxidation sites excluding steroid dienone is 1. The lowest BCUT2D eigenvalue weighted by Gasteiger charge is -2.28. The second-order valence-electron chi connectivity index (χ2n) is 6.12. The lowest BCUT2D eigenvalue weighted by molar-refractivity contribution is -0.136. The number of nitrogens with one attached hydrogen (secondary N) is 1. The Labute approximate surface area is 182 Å². The van der Waals surface area contributed by atoms with E-state index < -0.39 is 12.0 Å². The van der Waals surface area contributed by atoms with Crippen molar-refractivity contribution in [1.82, 2.24) is 14.8 Å². The van der Waals surface area contributed by atoms with Gasteiger partial charge in [-0.15, -0.1) is 5.10 Å². The smallest absolute Gasteiger partial charge is 0.338 e. The number of rotatable bonds is 7. The van der Waals surface area contributed by atoms with Crippen LogP contribution in [-0.4, -0.2) is 47.3 Å². The first-order chi connectivity index (χ1) is 13.9. The Kier molecular flexibility index (Phi) is 6.74. The van der Waals surface area contributed by atoms with Gasteiger partial charge >= 0.3 is 5.97 Å². The van der Waals surface area contributed by atoms with Crippen LogP contribution in [-0.2, 0) is 9.53 Å². The summed E-state index contributed by atoms with van der Waals surface area (Å²) in [5.74, 6) is 2.14. The molecule has 1 N–H and O–H groups in total. The molecule has 1 unspecified atom stereocenters. The second kappa shape index (κ2) is 9.08. The molecule has 1 atom stereocenters. The number of carbonyl (C=O) groups is 1. The first-order valence-corrected chi connectivity index (χ1v) is 10.9. The number of hydrogen-bond acceptors (Lipinski definition) is 8. The molecular formula is C19H23BrN4O4S. The molecule has 1 aromatic heterocycles. The molecule has 2 heterocycles. The number of methoxy groups -OCH3 is 2. The van der Waals surface area contributed by atoms with Crippen LogP contribution >= 0.6 is 27.7 Å². The molecule has 156 valence electrons. The van der Waals surface area contributed by atoms with E-state index in [1.54, 1.807) is 11.8 Å². The number of benzene rings is 1. The van der Waals surface area contributed by atoms with Crippen molar-refractivity contribution in [2.24, 2.45) is 0 Å². The van der Waals surface area contributed by atoms with Crippen molar-refractivity contribution >= 4 is 39.6 Å². The molecule has 0 amide bonds. The van der Waals surface area contributed by atoms with Gasteiger partial charge in [-0.2, -0.15) is 4.98 Å². The summed E-state index contributed by atoms with van der Waals surface area (Å²) in [6.45, 7) is 6.24. The maximum absolute atomic E-state index is 12.7. The van der Waals surface area contributed by atoms with Crippen LogP contribution in [0.1, 0.15) is 32.4 Å². The molecule has 0 aliphatic carbocycles. The molecule has 3 rings (SSSR count). The van der Waals surface area contributed by atoms with Gasteiger partial charge in [-0.25, -0.2) is 9.48 Å². The zero-order valence-electron chi connectivity index (χ0n) is 16.9. The van der Waals surface area contributed by atoms with Crippen LogP contribution in [0.15, 0.2) is 33.0 Å². The Hall–Kier alpha value is -2.20. The minimum Gasteiger partial charge on any atom is -0.492 e. The highest BCUT2D eigenvalue weighted by Crippen LogP contribution is 2.43. The third kappa shape index (κ3) is 4.09. The van der Waals surface area contributed by atoms with Gasteiger partial charge in [-0.1, -0.05) is 18.7 Å². The second-order valence-corrected chi connectivity index (χ2v) is 8.21. The summed E-state index contributed by atoms with van der Waals surface area (Å²) in [5, 5.41) is 8.43. The highest BCUT2D eigenvalue weighted by atomic mass is 79.9. The van der Waals surface area contributed by atoms with E-state index in [-0.39, 0.29) is 0 Å². The topological polar surface area (TPSA) is 87.5 Å². The minimum absolute atomic E-state index is 0.434. The number of aromatic nitrogens is 3. The van der Waals surface area contributed by atoms with Gasteiger partial charge in [0.15, 0.2) is 11.5 Å². The summed E-state index contributed by atoms with van der Waals surface area (Å²) >= 11 is 5.08. The SMILES string of the molecule is CCOc1cc(C2C(C(=O)OC)=C(C)Nc3nc(SCC)nn32)cc(Br)c1OC. The molecule has 8 nitrogen and oxygen atoms in total. The van der Waals surface area contributed by atoms with Crippen LogP contribution < -0.4 is 14.8 Å². The Bertz CT molecular complexity index is 960. The van der Waals surface area contributed by atoms with Gasteiger partial charge in [-0.3, -0.25) is 0 Å². The number of hydrogen-bond donors (Lipinski definition) is 1. The van der Waals surface area contributed by atoms with Crippen LogP contribution in [0.3, 0.4) is 0 Å². The largest absolute Gasteiger partial charge is 0.492 e. The van der Waals surface area contributed by atoms with E-state index in [2.05, 4.69) is 31.3 Å². The first-order valence-electron chi connectivity index (χ1n) is 9.10.